The Labute approximate surface area is 198 Å². The molecule has 1 heterocycles. The van der Waals surface area contributed by atoms with E-state index in [-0.39, 0.29) is 19.4 Å². The van der Waals surface area contributed by atoms with E-state index in [1.54, 1.807) is 30.3 Å². The minimum Gasteiger partial charge on any atom is -0.463 e. The zero-order chi connectivity index (χ0) is 24.2. The molecule has 0 amide bonds. The molecule has 4 rings (SSSR count). The number of rotatable bonds is 9. The van der Waals surface area contributed by atoms with Crippen LogP contribution in [-0.4, -0.2) is 28.2 Å². The summed E-state index contributed by atoms with van der Waals surface area (Å²) in [5.74, 6) is -3.55. The molecule has 2 aromatic carbocycles. The molecule has 0 aliphatic heterocycles. The summed E-state index contributed by atoms with van der Waals surface area (Å²) in [7, 11) is 0. The molecule has 0 bridgehead atoms. The molecule has 7 heteroatoms. The van der Waals surface area contributed by atoms with Crippen LogP contribution in [0.1, 0.15) is 42.6 Å². The van der Waals surface area contributed by atoms with Crippen molar-refractivity contribution in [1.29, 1.82) is 0 Å². The fraction of sp³-hybridized carbons (Fsp3) is 0.407. The number of aliphatic hydroxyl groups is 1. The minimum absolute atomic E-state index is 0.0669. The number of hydrogen-bond donors (Lipinski definition) is 1. The first-order valence-electron chi connectivity index (χ1n) is 11.7. The molecule has 5 nitrogen and oxygen atoms in total. The van der Waals surface area contributed by atoms with Crippen LogP contribution in [0.2, 0.25) is 0 Å². The first kappa shape index (κ1) is 24.1. The van der Waals surface area contributed by atoms with Crippen molar-refractivity contribution in [2.45, 2.75) is 57.2 Å². The van der Waals surface area contributed by atoms with Gasteiger partial charge < -0.3 is 9.84 Å². The van der Waals surface area contributed by atoms with E-state index in [9.17, 15) is 18.7 Å². The number of esters is 1. The average molecular weight is 470 g/mol. The third kappa shape index (κ3) is 5.20. The van der Waals surface area contributed by atoms with E-state index in [1.165, 1.54) is 5.56 Å². The number of benzene rings is 2. The number of aromatic nitrogens is 2. The number of aryl methyl sites for hydroxylation is 1. The average Bonchev–Trinajstić information content (AvgIpc) is 3.39. The van der Waals surface area contributed by atoms with E-state index in [4.69, 9.17) is 4.74 Å². The summed E-state index contributed by atoms with van der Waals surface area (Å²) >= 11 is 0. The molecular weight excluding hydrogens is 438 g/mol. The van der Waals surface area contributed by atoms with Gasteiger partial charge in [0.05, 0.1) is 13.2 Å². The molecule has 0 unspecified atom stereocenters. The molecule has 180 valence electrons. The molecule has 1 aromatic heterocycles. The quantitative estimate of drug-likeness (QED) is 0.287. The molecule has 0 saturated heterocycles. The Balaban J connectivity index is 1.37. The maximum atomic E-state index is 13.9. The lowest BCUT2D eigenvalue weighted by Crippen LogP contribution is -2.44. The zero-order valence-corrected chi connectivity index (χ0v) is 19.4. The highest BCUT2D eigenvalue weighted by molar-refractivity contribution is 5.81. The fourth-order valence-corrected chi connectivity index (χ4v) is 4.75. The van der Waals surface area contributed by atoms with Crippen LogP contribution >= 0.6 is 0 Å². The number of ether oxygens (including phenoxy) is 1. The van der Waals surface area contributed by atoms with Crippen molar-refractivity contribution >= 4 is 5.97 Å². The first-order chi connectivity index (χ1) is 16.3. The van der Waals surface area contributed by atoms with Gasteiger partial charge in [-0.1, -0.05) is 60.7 Å². The van der Waals surface area contributed by atoms with E-state index < -0.39 is 29.8 Å². The third-order valence-corrected chi connectivity index (χ3v) is 6.75. The summed E-state index contributed by atoms with van der Waals surface area (Å²) in [6.07, 6.45) is 3.74. The first-order valence-corrected chi connectivity index (χ1v) is 11.7. The molecule has 1 aliphatic carbocycles. The maximum absolute atomic E-state index is 13.9. The largest absolute Gasteiger partial charge is 0.463 e. The topological polar surface area (TPSA) is 55.3 Å². The van der Waals surface area contributed by atoms with E-state index in [0.29, 0.717) is 18.5 Å². The van der Waals surface area contributed by atoms with Crippen molar-refractivity contribution in [3.63, 3.8) is 0 Å². The second kappa shape index (κ2) is 10.1. The van der Waals surface area contributed by atoms with Gasteiger partial charge in [-0.2, -0.15) is 0 Å². The molecule has 2 atom stereocenters. The van der Waals surface area contributed by atoms with E-state index in [0.717, 1.165) is 12.4 Å². The van der Waals surface area contributed by atoms with Gasteiger partial charge in [-0.25, -0.2) is 22.7 Å². The Morgan fingerprint density at radius 1 is 1.18 bits per heavy atom. The van der Waals surface area contributed by atoms with Gasteiger partial charge in [0.2, 0.25) is 5.92 Å². The van der Waals surface area contributed by atoms with Gasteiger partial charge in [-0.15, -0.1) is 0 Å². The van der Waals surface area contributed by atoms with Crippen LogP contribution in [0, 0.1) is 12.8 Å². The number of hydrogen-bond acceptors (Lipinski definition) is 3. The van der Waals surface area contributed by atoms with Gasteiger partial charge in [0.15, 0.2) is 5.60 Å². The molecule has 1 N–H and O–H groups in total. The third-order valence-electron chi connectivity index (χ3n) is 6.75. The molecule has 1 fully saturated rings. The van der Waals surface area contributed by atoms with Crippen LogP contribution in [0.4, 0.5) is 8.78 Å². The summed E-state index contributed by atoms with van der Waals surface area (Å²) in [5.41, 5.74) is -0.575. The lowest BCUT2D eigenvalue weighted by Gasteiger charge is -2.32. The molecule has 1 aliphatic rings. The maximum Gasteiger partial charge on any atom is 0.343 e. The van der Waals surface area contributed by atoms with Gasteiger partial charge >= 0.3 is 5.97 Å². The van der Waals surface area contributed by atoms with Crippen LogP contribution in [0.15, 0.2) is 73.1 Å². The lowest BCUT2D eigenvalue weighted by molar-refractivity contribution is -0.694. The van der Waals surface area contributed by atoms with Crippen molar-refractivity contribution in [3.8, 4) is 0 Å². The van der Waals surface area contributed by atoms with Gasteiger partial charge in [0.25, 0.3) is 5.82 Å². The highest BCUT2D eigenvalue weighted by atomic mass is 19.3. The molecular formula is C27H31F2N2O3+. The molecule has 0 spiro atoms. The smallest absolute Gasteiger partial charge is 0.343 e. The van der Waals surface area contributed by atoms with Gasteiger partial charge in [0, 0.05) is 32.1 Å². The van der Waals surface area contributed by atoms with Crippen LogP contribution in [0.5, 0.6) is 0 Å². The summed E-state index contributed by atoms with van der Waals surface area (Å²) in [5, 5.41) is 11.4. The summed E-state index contributed by atoms with van der Waals surface area (Å²) in [6, 6.07) is 18.5. The van der Waals surface area contributed by atoms with Crippen LogP contribution in [0.3, 0.4) is 0 Å². The number of carbonyl (C=O) groups is 1. The Morgan fingerprint density at radius 3 is 2.50 bits per heavy atom. The monoisotopic (exact) mass is 469 g/mol. The van der Waals surface area contributed by atoms with Gasteiger partial charge in [-0.3, -0.25) is 0 Å². The highest BCUT2D eigenvalue weighted by Gasteiger charge is 2.54. The lowest BCUT2D eigenvalue weighted by atomic mass is 9.80. The van der Waals surface area contributed by atoms with Gasteiger partial charge in [-0.05, 0) is 17.5 Å². The summed E-state index contributed by atoms with van der Waals surface area (Å²) < 4.78 is 37.5. The van der Waals surface area contributed by atoms with Crippen molar-refractivity contribution in [1.82, 2.24) is 4.57 Å². The number of imidazole rings is 1. The Kier molecular flexibility index (Phi) is 7.12. The van der Waals surface area contributed by atoms with E-state index in [1.807, 2.05) is 37.5 Å². The van der Waals surface area contributed by atoms with Crippen molar-refractivity contribution < 1.29 is 28.0 Å². The molecule has 34 heavy (non-hydrogen) atoms. The van der Waals surface area contributed by atoms with E-state index in [2.05, 4.69) is 21.3 Å². The highest BCUT2D eigenvalue weighted by Crippen LogP contribution is 2.47. The van der Waals surface area contributed by atoms with Gasteiger partial charge in [0.1, 0.15) is 18.9 Å². The number of alkyl halides is 2. The minimum atomic E-state index is -2.88. The van der Waals surface area contributed by atoms with E-state index >= 15 is 0 Å². The standard InChI is InChI=1S/C27H31F2N2O3/c1-21-30(16-17-31(21)20-22-9-4-2-5-10-22)15-8-18-34-25(32)27(33,23-11-6-3-7-12-23)24-13-14-26(28,29)19-24/h2-7,9-12,16-17,24,33H,8,13-15,18-20H2,1H3/q+1/t24-,27+/m1/s1. The van der Waals surface area contributed by atoms with Crippen LogP contribution in [0.25, 0.3) is 0 Å². The molecule has 3 aromatic rings. The normalized spacial score (nSPS) is 19.0. The Bertz CT molecular complexity index is 1100. The Morgan fingerprint density at radius 2 is 1.85 bits per heavy atom. The number of nitrogens with zero attached hydrogens (tertiary/aromatic N) is 2. The van der Waals surface area contributed by atoms with Crippen molar-refractivity contribution in [3.05, 3.63) is 90.0 Å². The fourth-order valence-electron chi connectivity index (χ4n) is 4.75. The predicted octanol–water partition coefficient (Wildman–Crippen LogP) is 4.39. The number of carbonyl (C=O) groups excluding carboxylic acids is 1. The molecule has 0 radical (unpaired) electrons. The van der Waals surface area contributed by atoms with Crippen molar-refractivity contribution in [2.75, 3.05) is 6.61 Å². The van der Waals surface area contributed by atoms with Crippen molar-refractivity contribution in [2.24, 2.45) is 5.92 Å². The summed E-state index contributed by atoms with van der Waals surface area (Å²) in [4.78, 5) is 13.0. The van der Waals surface area contributed by atoms with Crippen LogP contribution < -0.4 is 4.57 Å². The van der Waals surface area contributed by atoms with Crippen LogP contribution in [-0.2, 0) is 28.2 Å². The second-order valence-corrected chi connectivity index (χ2v) is 9.07. The predicted molar refractivity (Wildman–Crippen MR) is 123 cm³/mol. The second-order valence-electron chi connectivity index (χ2n) is 9.07. The number of halogens is 2. The summed E-state index contributed by atoms with van der Waals surface area (Å²) in [6.45, 7) is 3.52. The molecule has 1 saturated carbocycles. The SMILES string of the molecule is Cc1n(CCCOC(=O)[C@](O)(c2ccccc2)[C@@H]2CCC(F)(F)C2)cc[n+]1Cc1ccccc1. The Hall–Kier alpha value is -3.06. The zero-order valence-electron chi connectivity index (χ0n) is 19.4.